The Bertz CT molecular complexity index is 140. The van der Waals surface area contributed by atoms with Gasteiger partial charge in [0.1, 0.15) is 0 Å². The minimum Gasteiger partial charge on any atom is -0.317 e. The molecule has 1 N–H and O–H groups in total. The Labute approximate surface area is 109 Å². The molecule has 0 bridgehead atoms. The van der Waals surface area contributed by atoms with E-state index in [2.05, 4.69) is 37.9 Å². The van der Waals surface area contributed by atoms with Gasteiger partial charge >= 0.3 is 0 Å². The van der Waals surface area contributed by atoms with E-state index in [1.54, 1.807) is 0 Å². The highest BCUT2D eigenvalue weighted by Crippen LogP contribution is 2.09. The van der Waals surface area contributed by atoms with Gasteiger partial charge in [-0.2, -0.15) is 0 Å². The van der Waals surface area contributed by atoms with Gasteiger partial charge in [-0.1, -0.05) is 33.6 Å². The molecule has 0 rings (SSSR count). The zero-order chi connectivity index (χ0) is 12.9. The number of nitrogens with one attached hydrogen (secondary N) is 1. The predicted molar refractivity (Wildman–Crippen MR) is 78.6 cm³/mol. The molecular formula is C15H34N2. The van der Waals surface area contributed by atoms with Crippen molar-refractivity contribution in [2.75, 3.05) is 26.2 Å². The molecular weight excluding hydrogens is 208 g/mol. The Hall–Kier alpha value is -0.0800. The van der Waals surface area contributed by atoms with Gasteiger partial charge in [0.15, 0.2) is 0 Å². The summed E-state index contributed by atoms with van der Waals surface area (Å²) in [5.74, 6) is 0. The summed E-state index contributed by atoms with van der Waals surface area (Å²) in [7, 11) is 0. The average molecular weight is 242 g/mol. The van der Waals surface area contributed by atoms with E-state index in [0.29, 0.717) is 0 Å². The maximum atomic E-state index is 3.41. The molecule has 0 radical (unpaired) electrons. The molecule has 0 aliphatic carbocycles. The molecule has 0 spiro atoms. The highest BCUT2D eigenvalue weighted by Gasteiger charge is 2.11. The fourth-order valence-electron chi connectivity index (χ4n) is 2.16. The van der Waals surface area contributed by atoms with Crippen LogP contribution in [0.5, 0.6) is 0 Å². The number of hydrogen-bond donors (Lipinski definition) is 1. The molecule has 0 aliphatic rings. The third-order valence-corrected chi connectivity index (χ3v) is 3.45. The molecule has 2 heteroatoms. The number of nitrogens with zero attached hydrogens (tertiary/aromatic N) is 1. The molecule has 1 unspecified atom stereocenters. The summed E-state index contributed by atoms with van der Waals surface area (Å²) in [5.41, 5.74) is 0. The monoisotopic (exact) mass is 242 g/mol. The minimum atomic E-state index is 0.756. The van der Waals surface area contributed by atoms with Crippen LogP contribution in [0.25, 0.3) is 0 Å². The van der Waals surface area contributed by atoms with Crippen LogP contribution in [0.4, 0.5) is 0 Å². The van der Waals surface area contributed by atoms with Crippen LogP contribution < -0.4 is 5.32 Å². The van der Waals surface area contributed by atoms with Gasteiger partial charge in [0.2, 0.25) is 0 Å². The van der Waals surface area contributed by atoms with E-state index in [1.807, 2.05) is 0 Å². The quantitative estimate of drug-likeness (QED) is 0.525. The highest BCUT2D eigenvalue weighted by atomic mass is 15.1. The third-order valence-electron chi connectivity index (χ3n) is 3.45. The summed E-state index contributed by atoms with van der Waals surface area (Å²) in [6.45, 7) is 14.0. The van der Waals surface area contributed by atoms with Gasteiger partial charge in [0, 0.05) is 6.04 Å². The van der Waals surface area contributed by atoms with Crippen molar-refractivity contribution in [1.29, 1.82) is 0 Å². The smallest absolute Gasteiger partial charge is 0.00674 e. The second-order valence-electron chi connectivity index (χ2n) is 5.09. The molecule has 0 aromatic carbocycles. The van der Waals surface area contributed by atoms with E-state index < -0.39 is 0 Å². The maximum absolute atomic E-state index is 3.41. The van der Waals surface area contributed by atoms with E-state index in [-0.39, 0.29) is 0 Å². The summed E-state index contributed by atoms with van der Waals surface area (Å²) >= 11 is 0. The molecule has 0 fully saturated rings. The molecule has 0 aromatic rings. The van der Waals surface area contributed by atoms with Crippen LogP contribution in [0.1, 0.15) is 66.2 Å². The van der Waals surface area contributed by atoms with E-state index >= 15 is 0 Å². The van der Waals surface area contributed by atoms with Crippen molar-refractivity contribution in [3.8, 4) is 0 Å². The van der Waals surface area contributed by atoms with Crippen LogP contribution in [0.3, 0.4) is 0 Å². The molecule has 0 amide bonds. The van der Waals surface area contributed by atoms with Crippen LogP contribution in [0.15, 0.2) is 0 Å². The zero-order valence-corrected chi connectivity index (χ0v) is 12.6. The Morgan fingerprint density at radius 2 is 1.53 bits per heavy atom. The van der Waals surface area contributed by atoms with Crippen molar-refractivity contribution in [3.05, 3.63) is 0 Å². The van der Waals surface area contributed by atoms with Crippen molar-refractivity contribution in [1.82, 2.24) is 10.2 Å². The summed E-state index contributed by atoms with van der Waals surface area (Å²) in [6.07, 6.45) is 7.96. The fourth-order valence-corrected chi connectivity index (χ4v) is 2.16. The largest absolute Gasteiger partial charge is 0.317 e. The van der Waals surface area contributed by atoms with E-state index in [4.69, 9.17) is 0 Å². The molecule has 2 nitrogen and oxygen atoms in total. The van der Waals surface area contributed by atoms with Gasteiger partial charge in [-0.15, -0.1) is 0 Å². The van der Waals surface area contributed by atoms with Gasteiger partial charge < -0.3 is 10.2 Å². The molecule has 0 saturated carbocycles. The number of rotatable bonds is 12. The second kappa shape index (κ2) is 12.4. The van der Waals surface area contributed by atoms with E-state index in [0.717, 1.165) is 12.6 Å². The Kier molecular flexibility index (Phi) is 12.3. The van der Waals surface area contributed by atoms with Crippen LogP contribution in [0.2, 0.25) is 0 Å². The average Bonchev–Trinajstić information content (AvgIpc) is 2.34. The lowest BCUT2D eigenvalue weighted by atomic mass is 10.1. The van der Waals surface area contributed by atoms with E-state index in [9.17, 15) is 0 Å². The lowest BCUT2D eigenvalue weighted by Crippen LogP contribution is -2.35. The van der Waals surface area contributed by atoms with Crippen molar-refractivity contribution >= 4 is 0 Å². The summed E-state index contributed by atoms with van der Waals surface area (Å²) in [6, 6.07) is 0.756. The van der Waals surface area contributed by atoms with Crippen molar-refractivity contribution in [2.24, 2.45) is 0 Å². The lowest BCUT2D eigenvalue weighted by Gasteiger charge is -2.29. The topological polar surface area (TPSA) is 15.3 Å². The normalized spacial score (nSPS) is 13.2. The molecule has 17 heavy (non-hydrogen) atoms. The molecule has 0 saturated heterocycles. The lowest BCUT2D eigenvalue weighted by molar-refractivity contribution is 0.191. The summed E-state index contributed by atoms with van der Waals surface area (Å²) in [5, 5.41) is 3.41. The zero-order valence-electron chi connectivity index (χ0n) is 12.6. The molecule has 0 aliphatic heterocycles. The first-order valence-corrected chi connectivity index (χ1v) is 7.70. The molecule has 1 atom stereocenters. The Morgan fingerprint density at radius 1 is 0.941 bits per heavy atom. The fraction of sp³-hybridized carbons (Fsp3) is 1.00. The van der Waals surface area contributed by atoms with Gasteiger partial charge in [0.05, 0.1) is 0 Å². The number of unbranched alkanes of at least 4 members (excludes halogenated alkanes) is 2. The van der Waals surface area contributed by atoms with Crippen molar-refractivity contribution in [2.45, 2.75) is 72.3 Å². The van der Waals surface area contributed by atoms with Crippen LogP contribution in [-0.2, 0) is 0 Å². The van der Waals surface area contributed by atoms with Crippen LogP contribution >= 0.6 is 0 Å². The Morgan fingerprint density at radius 3 is 2.00 bits per heavy atom. The van der Waals surface area contributed by atoms with E-state index in [1.165, 1.54) is 58.2 Å². The van der Waals surface area contributed by atoms with Gasteiger partial charge in [0.25, 0.3) is 0 Å². The summed E-state index contributed by atoms with van der Waals surface area (Å²) in [4.78, 5) is 2.69. The van der Waals surface area contributed by atoms with Crippen molar-refractivity contribution < 1.29 is 0 Å². The first-order chi connectivity index (χ1) is 8.26. The standard InChI is InChI=1S/C15H34N2/c1-5-8-13-17(14-9-6-2)15(4)11-10-12-16-7-3/h15-16H,5-14H2,1-4H3. The molecule has 0 heterocycles. The Balaban J connectivity index is 3.80. The van der Waals surface area contributed by atoms with Gasteiger partial charge in [-0.25, -0.2) is 0 Å². The predicted octanol–water partition coefficient (Wildman–Crippen LogP) is 3.67. The SMILES string of the molecule is CCCCN(CCCC)C(C)CCCNCC. The van der Waals surface area contributed by atoms with Crippen LogP contribution in [-0.4, -0.2) is 37.1 Å². The van der Waals surface area contributed by atoms with Crippen LogP contribution in [0, 0.1) is 0 Å². The first-order valence-electron chi connectivity index (χ1n) is 7.70. The highest BCUT2D eigenvalue weighted by molar-refractivity contribution is 4.68. The molecule has 104 valence electrons. The van der Waals surface area contributed by atoms with Gasteiger partial charge in [-0.3, -0.25) is 0 Å². The minimum absolute atomic E-state index is 0.756. The number of hydrogen-bond acceptors (Lipinski definition) is 2. The van der Waals surface area contributed by atoms with Gasteiger partial charge in [-0.05, 0) is 58.8 Å². The first kappa shape index (κ1) is 16.9. The second-order valence-corrected chi connectivity index (χ2v) is 5.09. The van der Waals surface area contributed by atoms with Crippen molar-refractivity contribution in [3.63, 3.8) is 0 Å². The summed E-state index contributed by atoms with van der Waals surface area (Å²) < 4.78 is 0. The molecule has 0 aromatic heterocycles. The third kappa shape index (κ3) is 9.61. The maximum Gasteiger partial charge on any atom is 0.00674 e.